The zero-order valence-corrected chi connectivity index (χ0v) is 19.9. The number of anilines is 1. The summed E-state index contributed by atoms with van der Waals surface area (Å²) in [6.45, 7) is 7.92. The van der Waals surface area contributed by atoms with Crippen LogP contribution in [0.15, 0.2) is 24.7 Å². The molecule has 1 aliphatic rings. The molecule has 3 aromatic rings. The fourth-order valence-electron chi connectivity index (χ4n) is 3.70. The van der Waals surface area contributed by atoms with Crippen molar-refractivity contribution in [2.45, 2.75) is 39.2 Å². The van der Waals surface area contributed by atoms with Crippen molar-refractivity contribution in [2.24, 2.45) is 5.92 Å². The van der Waals surface area contributed by atoms with Crippen LogP contribution in [0.25, 0.3) is 22.4 Å². The number of rotatable bonds is 6. The maximum absolute atomic E-state index is 14.4. The average Bonchev–Trinajstić information content (AvgIpc) is 3.15. The third kappa shape index (κ3) is 5.49. The lowest BCUT2D eigenvalue weighted by Crippen LogP contribution is -2.52. The smallest absolute Gasteiger partial charge is 0.183 e. The Morgan fingerprint density at radius 1 is 1.34 bits per heavy atom. The fourth-order valence-corrected chi connectivity index (χ4v) is 5.15. The molecule has 0 saturated carbocycles. The van der Waals surface area contributed by atoms with Crippen LogP contribution in [0.4, 0.5) is 10.2 Å². The maximum Gasteiger partial charge on any atom is 0.183 e. The van der Waals surface area contributed by atoms with Gasteiger partial charge in [-0.25, -0.2) is 19.3 Å². The molecule has 0 aliphatic carbocycles. The maximum atomic E-state index is 14.4. The molecule has 1 aliphatic heterocycles. The Bertz CT molecular complexity index is 1090. The van der Waals surface area contributed by atoms with Crippen molar-refractivity contribution in [3.05, 3.63) is 35.5 Å². The third-order valence-corrected chi connectivity index (χ3v) is 6.94. The molecule has 8 nitrogen and oxygen atoms in total. The van der Waals surface area contributed by atoms with Crippen molar-refractivity contribution in [1.82, 2.24) is 29.0 Å². The fraction of sp³-hybridized carbons (Fsp3) is 0.476. The molecule has 3 aromatic heterocycles. The summed E-state index contributed by atoms with van der Waals surface area (Å²) < 4.78 is 32.1. The van der Waals surface area contributed by atoms with Gasteiger partial charge in [0.05, 0.1) is 23.3 Å². The lowest BCUT2D eigenvalue weighted by atomic mass is 10.00. The van der Waals surface area contributed by atoms with Gasteiger partial charge in [-0.05, 0) is 45.6 Å². The largest absolute Gasteiger partial charge is 0.579 e. The molecule has 0 aromatic carbocycles. The molecule has 2 atom stereocenters. The Morgan fingerprint density at radius 2 is 2.16 bits per heavy atom. The molecular formula is C21H27ClFN7OS. The highest BCUT2D eigenvalue weighted by atomic mass is 35.5. The van der Waals surface area contributed by atoms with Gasteiger partial charge in [0.25, 0.3) is 0 Å². The molecule has 172 valence electrons. The zero-order chi connectivity index (χ0) is 22.9. The van der Waals surface area contributed by atoms with E-state index in [1.807, 2.05) is 25.1 Å². The number of pyridine rings is 1. The van der Waals surface area contributed by atoms with Crippen molar-refractivity contribution >= 4 is 40.0 Å². The van der Waals surface area contributed by atoms with E-state index in [0.29, 0.717) is 35.1 Å². The highest BCUT2D eigenvalue weighted by Crippen LogP contribution is 2.28. The van der Waals surface area contributed by atoms with Crippen LogP contribution in [0.5, 0.6) is 0 Å². The number of nitrogens with one attached hydrogen (secondary N) is 3. The number of nitrogens with zero attached hydrogens (tertiary/aromatic N) is 4. The minimum atomic E-state index is -1.25. The molecule has 2 unspecified atom stereocenters. The topological polar surface area (TPSA) is 105 Å². The normalized spacial score (nSPS) is 18.8. The summed E-state index contributed by atoms with van der Waals surface area (Å²) in [6.07, 6.45) is 6.37. The zero-order valence-electron chi connectivity index (χ0n) is 18.3. The van der Waals surface area contributed by atoms with E-state index in [2.05, 4.69) is 30.0 Å². The quantitative estimate of drug-likeness (QED) is 0.460. The molecule has 0 bridgehead atoms. The van der Waals surface area contributed by atoms with Gasteiger partial charge in [0.1, 0.15) is 17.2 Å². The monoisotopic (exact) mass is 479 g/mol. The lowest BCUT2D eigenvalue weighted by molar-refractivity contribution is 0.268. The van der Waals surface area contributed by atoms with Crippen LogP contribution in [0.2, 0.25) is 5.02 Å². The first-order valence-electron chi connectivity index (χ1n) is 10.5. The highest BCUT2D eigenvalue weighted by molar-refractivity contribution is 7.87. The molecule has 3 N–H and O–H groups in total. The first-order valence-corrected chi connectivity index (χ1v) is 12.0. The number of hydrogen-bond acceptors (Lipinski definition) is 7. The molecule has 0 spiro atoms. The summed E-state index contributed by atoms with van der Waals surface area (Å²) in [4.78, 5) is 15.9. The average molecular weight is 480 g/mol. The van der Waals surface area contributed by atoms with Crippen molar-refractivity contribution < 1.29 is 8.94 Å². The number of halogens is 2. The minimum Gasteiger partial charge on any atom is -0.579 e. The van der Waals surface area contributed by atoms with Gasteiger partial charge in [-0.15, -0.1) is 9.03 Å². The van der Waals surface area contributed by atoms with Crippen molar-refractivity contribution in [2.75, 3.05) is 25.0 Å². The van der Waals surface area contributed by atoms with E-state index in [1.54, 1.807) is 18.5 Å². The molecule has 1 saturated heterocycles. The Hall–Kier alpha value is -1.98. The van der Waals surface area contributed by atoms with Crippen molar-refractivity contribution in [3.8, 4) is 11.4 Å². The standard InChI is InChI=1S/C21H27ClFN7OS/c1-21(2,3)29-32(31)30-6-4-5-13(12-30)8-24-20-17(23)11-27-19(28-20)16-10-26-18-15(16)7-14(22)9-25-18/h7,9-11,13,29H,4-6,8,12H2,1-3H3,(H,25,26)(H,24,27,28). The van der Waals surface area contributed by atoms with E-state index in [0.717, 1.165) is 31.0 Å². The summed E-state index contributed by atoms with van der Waals surface area (Å²) in [5.41, 5.74) is 1.12. The predicted octanol–water partition coefficient (Wildman–Crippen LogP) is 3.90. The summed E-state index contributed by atoms with van der Waals surface area (Å²) >= 11 is 4.82. The van der Waals surface area contributed by atoms with E-state index < -0.39 is 17.4 Å². The summed E-state index contributed by atoms with van der Waals surface area (Å²) in [6, 6.07) is 1.78. The molecule has 32 heavy (non-hydrogen) atoms. The van der Waals surface area contributed by atoms with Crippen LogP contribution in [0.3, 0.4) is 0 Å². The van der Waals surface area contributed by atoms with Crippen LogP contribution in [-0.2, 0) is 11.5 Å². The van der Waals surface area contributed by atoms with Crippen LogP contribution in [0.1, 0.15) is 33.6 Å². The third-order valence-electron chi connectivity index (χ3n) is 5.15. The van der Waals surface area contributed by atoms with Crippen molar-refractivity contribution in [3.63, 3.8) is 0 Å². The number of piperidine rings is 1. The summed E-state index contributed by atoms with van der Waals surface area (Å²) in [5, 5.41) is 4.40. The van der Waals surface area contributed by atoms with Gasteiger partial charge in [-0.2, -0.15) is 0 Å². The minimum absolute atomic E-state index is 0.144. The highest BCUT2D eigenvalue weighted by Gasteiger charge is 2.31. The van der Waals surface area contributed by atoms with E-state index in [9.17, 15) is 8.94 Å². The van der Waals surface area contributed by atoms with E-state index in [-0.39, 0.29) is 17.3 Å². The Labute approximate surface area is 194 Å². The van der Waals surface area contributed by atoms with Crippen LogP contribution in [-0.4, -0.2) is 54.0 Å². The molecule has 0 amide bonds. The predicted molar refractivity (Wildman–Crippen MR) is 126 cm³/mol. The van der Waals surface area contributed by atoms with Gasteiger partial charge in [0, 0.05) is 36.4 Å². The lowest BCUT2D eigenvalue weighted by Gasteiger charge is -2.34. The number of H-pyrrole nitrogens is 1. The van der Waals surface area contributed by atoms with Crippen LogP contribution >= 0.6 is 11.6 Å². The number of aromatic nitrogens is 4. The SMILES string of the molecule is CC(C)(C)N[S+]([O-])N1CCCC(CNc2nc(-c3c[nH]c4ncc(Cl)cc34)ncc2F)C1. The number of fused-ring (bicyclic) bond motifs is 1. The molecule has 0 radical (unpaired) electrons. The number of hydrogen-bond donors (Lipinski definition) is 3. The summed E-state index contributed by atoms with van der Waals surface area (Å²) in [5.74, 6) is 0.231. The van der Waals surface area contributed by atoms with Gasteiger partial charge < -0.3 is 14.9 Å². The first kappa shape index (κ1) is 23.2. The van der Waals surface area contributed by atoms with E-state index >= 15 is 0 Å². The Balaban J connectivity index is 1.45. The van der Waals surface area contributed by atoms with Crippen LogP contribution in [0, 0.1) is 11.7 Å². The van der Waals surface area contributed by atoms with Gasteiger partial charge in [0.2, 0.25) is 0 Å². The molecule has 4 rings (SSSR count). The number of aromatic amines is 1. The second kappa shape index (κ2) is 9.48. The summed E-state index contributed by atoms with van der Waals surface area (Å²) in [7, 11) is 0. The molecule has 1 fully saturated rings. The second-order valence-electron chi connectivity index (χ2n) is 9.02. The van der Waals surface area contributed by atoms with Gasteiger partial charge >= 0.3 is 0 Å². The van der Waals surface area contributed by atoms with Gasteiger partial charge in [-0.1, -0.05) is 11.6 Å². The van der Waals surface area contributed by atoms with E-state index in [4.69, 9.17) is 11.6 Å². The Morgan fingerprint density at radius 3 is 2.94 bits per heavy atom. The van der Waals surface area contributed by atoms with E-state index in [1.165, 1.54) is 0 Å². The Kier molecular flexibility index (Phi) is 6.87. The molecular weight excluding hydrogens is 453 g/mol. The van der Waals surface area contributed by atoms with Gasteiger partial charge in [0.15, 0.2) is 17.5 Å². The second-order valence-corrected chi connectivity index (χ2v) is 10.7. The first-order chi connectivity index (χ1) is 15.2. The van der Waals surface area contributed by atoms with Gasteiger partial charge in [-0.3, -0.25) is 0 Å². The van der Waals surface area contributed by atoms with Crippen molar-refractivity contribution in [1.29, 1.82) is 0 Å². The molecule has 11 heteroatoms. The van der Waals surface area contributed by atoms with Crippen LogP contribution < -0.4 is 10.0 Å². The molecule has 4 heterocycles.